The number of carbonyl (C=O) groups is 1. The minimum atomic E-state index is -1.72. The van der Waals surface area contributed by atoms with Crippen LogP contribution in [-0.2, 0) is 23.7 Å². The van der Waals surface area contributed by atoms with E-state index in [2.05, 4.69) is 19.6 Å². The van der Waals surface area contributed by atoms with Crippen LogP contribution in [0.25, 0.3) is 0 Å². The van der Waals surface area contributed by atoms with Crippen LogP contribution in [0, 0.1) is 0 Å². The third-order valence-electron chi connectivity index (χ3n) is 4.51. The maximum absolute atomic E-state index is 12.7. The molecule has 2 aliphatic heterocycles. The smallest absolute Gasteiger partial charge is 0.196 e. The van der Waals surface area contributed by atoms with Gasteiger partial charge in [-0.05, 0) is 31.5 Å². The topological polar surface area (TPSA) is 54.0 Å². The third kappa shape index (κ3) is 1.86. The van der Waals surface area contributed by atoms with Crippen LogP contribution in [0.2, 0.25) is 19.6 Å². The number of hydrogen-bond acceptors (Lipinski definition) is 5. The summed E-state index contributed by atoms with van der Waals surface area (Å²) >= 11 is 0. The van der Waals surface area contributed by atoms with Crippen LogP contribution in [0.1, 0.15) is 20.8 Å². The highest BCUT2D eigenvalue weighted by atomic mass is 28.3. The number of carbonyl (C=O) groups excluding carboxylic acids is 1. The van der Waals surface area contributed by atoms with Gasteiger partial charge in [0.15, 0.2) is 23.5 Å². The molecular weight excluding hydrogens is 288 g/mol. The van der Waals surface area contributed by atoms with E-state index in [4.69, 9.17) is 18.9 Å². The van der Waals surface area contributed by atoms with Gasteiger partial charge < -0.3 is 18.9 Å². The second-order valence-corrected chi connectivity index (χ2v) is 12.6. The highest BCUT2D eigenvalue weighted by molar-refractivity contribution is 6.85. The first-order valence-electron chi connectivity index (χ1n) is 7.37. The Hall–Kier alpha value is -0.533. The normalized spacial score (nSPS) is 41.7. The maximum atomic E-state index is 12.7. The first-order chi connectivity index (χ1) is 9.54. The molecule has 3 aliphatic rings. The molecule has 0 aromatic rings. The van der Waals surface area contributed by atoms with Gasteiger partial charge in [0.25, 0.3) is 0 Å². The summed E-state index contributed by atoms with van der Waals surface area (Å²) in [5.41, 5.74) is -0.161. The van der Waals surface area contributed by atoms with E-state index in [0.717, 1.165) is 10.8 Å². The summed E-state index contributed by atoms with van der Waals surface area (Å²) in [5, 5.41) is 1.14. The van der Waals surface area contributed by atoms with Crippen LogP contribution >= 0.6 is 0 Å². The summed E-state index contributed by atoms with van der Waals surface area (Å²) in [6.07, 6.45) is -1.36. The van der Waals surface area contributed by atoms with Gasteiger partial charge in [-0.15, -0.1) is 0 Å². The molecule has 0 aromatic heterocycles. The SMILES string of the molecule is CO[C@@H]1O[C@]2(C(=O)C(C)=C2[Si](C)(C)C)[C@@H]2OC(C)(C)OC12. The van der Waals surface area contributed by atoms with Crippen LogP contribution in [0.4, 0.5) is 0 Å². The largest absolute Gasteiger partial charge is 0.353 e. The van der Waals surface area contributed by atoms with Gasteiger partial charge in [0.05, 0.1) is 8.07 Å². The van der Waals surface area contributed by atoms with Crippen molar-refractivity contribution in [1.82, 2.24) is 0 Å². The van der Waals surface area contributed by atoms with Gasteiger partial charge in [-0.25, -0.2) is 0 Å². The molecule has 1 spiro atoms. The fourth-order valence-electron chi connectivity index (χ4n) is 4.03. The fraction of sp³-hybridized carbons (Fsp3) is 0.800. The fourth-order valence-corrected chi connectivity index (χ4v) is 6.69. The average molecular weight is 312 g/mol. The molecule has 0 bridgehead atoms. The van der Waals surface area contributed by atoms with Gasteiger partial charge in [0.2, 0.25) is 0 Å². The molecule has 118 valence electrons. The Morgan fingerprint density at radius 1 is 1.14 bits per heavy atom. The molecule has 0 radical (unpaired) electrons. The Labute approximate surface area is 126 Å². The minimum Gasteiger partial charge on any atom is -0.353 e. The van der Waals surface area contributed by atoms with Crippen molar-refractivity contribution in [2.24, 2.45) is 0 Å². The van der Waals surface area contributed by atoms with Crippen LogP contribution in [0.5, 0.6) is 0 Å². The van der Waals surface area contributed by atoms with E-state index >= 15 is 0 Å². The van der Waals surface area contributed by atoms with Gasteiger partial charge in [0, 0.05) is 7.11 Å². The number of fused-ring (bicyclic) bond motifs is 2. The van der Waals surface area contributed by atoms with Crippen molar-refractivity contribution in [2.45, 2.75) is 70.3 Å². The predicted molar refractivity (Wildman–Crippen MR) is 79.5 cm³/mol. The van der Waals surface area contributed by atoms with Crippen LogP contribution in [0.15, 0.2) is 10.8 Å². The molecule has 3 rings (SSSR count). The molecule has 4 atom stereocenters. The Morgan fingerprint density at radius 2 is 1.76 bits per heavy atom. The lowest BCUT2D eigenvalue weighted by atomic mass is 9.76. The van der Waals surface area contributed by atoms with Crippen LogP contribution < -0.4 is 0 Å². The van der Waals surface area contributed by atoms with Crippen molar-refractivity contribution in [3.8, 4) is 0 Å². The zero-order valence-electron chi connectivity index (χ0n) is 13.8. The summed E-state index contributed by atoms with van der Waals surface area (Å²) in [6.45, 7) is 12.3. The molecule has 2 saturated heterocycles. The number of methoxy groups -OCH3 is 1. The number of hydrogen-bond donors (Lipinski definition) is 0. The lowest BCUT2D eigenvalue weighted by molar-refractivity contribution is -0.240. The van der Waals surface area contributed by atoms with Gasteiger partial charge in [0.1, 0.15) is 12.2 Å². The maximum Gasteiger partial charge on any atom is 0.196 e. The molecule has 0 amide bonds. The zero-order chi connectivity index (χ0) is 15.8. The van der Waals surface area contributed by atoms with Crippen molar-refractivity contribution >= 4 is 13.9 Å². The Balaban J connectivity index is 2.09. The molecule has 6 heteroatoms. The highest BCUT2D eigenvalue weighted by Crippen LogP contribution is 2.55. The van der Waals surface area contributed by atoms with E-state index in [1.807, 2.05) is 20.8 Å². The van der Waals surface area contributed by atoms with Crippen LogP contribution in [0.3, 0.4) is 0 Å². The molecule has 2 fully saturated rings. The number of ether oxygens (including phenoxy) is 4. The molecule has 1 aliphatic carbocycles. The quantitative estimate of drug-likeness (QED) is 0.730. The monoisotopic (exact) mass is 312 g/mol. The second kappa shape index (κ2) is 4.26. The van der Waals surface area contributed by atoms with Gasteiger partial charge >= 0.3 is 0 Å². The predicted octanol–water partition coefficient (Wildman–Crippen LogP) is 2.02. The van der Waals surface area contributed by atoms with E-state index in [0.29, 0.717) is 0 Å². The lowest BCUT2D eigenvalue weighted by Gasteiger charge is -2.47. The summed E-state index contributed by atoms with van der Waals surface area (Å²) in [7, 11) is -0.149. The Kier molecular flexibility index (Phi) is 3.12. The average Bonchev–Trinajstić information content (AvgIpc) is 2.81. The summed E-state index contributed by atoms with van der Waals surface area (Å²) in [6, 6.07) is 0. The number of Topliss-reactive ketones (excluding diaryl/α,β-unsaturated/α-hetero) is 1. The van der Waals surface area contributed by atoms with Crippen molar-refractivity contribution < 1.29 is 23.7 Å². The minimum absolute atomic E-state index is 0.0239. The van der Waals surface area contributed by atoms with Gasteiger partial charge in [-0.3, -0.25) is 4.79 Å². The van der Waals surface area contributed by atoms with E-state index in [9.17, 15) is 4.79 Å². The molecule has 0 aromatic carbocycles. The van der Waals surface area contributed by atoms with E-state index < -0.39 is 31.9 Å². The Bertz CT molecular complexity index is 533. The summed E-state index contributed by atoms with van der Waals surface area (Å²) < 4.78 is 23.4. The van der Waals surface area contributed by atoms with Crippen molar-refractivity contribution in [2.75, 3.05) is 7.11 Å². The third-order valence-corrected chi connectivity index (χ3v) is 6.75. The molecule has 0 saturated carbocycles. The van der Waals surface area contributed by atoms with Crippen molar-refractivity contribution in [3.63, 3.8) is 0 Å². The number of ketones is 1. The van der Waals surface area contributed by atoms with Gasteiger partial charge in [-0.1, -0.05) is 19.6 Å². The molecule has 0 N–H and O–H groups in total. The van der Waals surface area contributed by atoms with Crippen LogP contribution in [-0.4, -0.2) is 50.9 Å². The molecule has 2 heterocycles. The summed E-state index contributed by atoms with van der Waals surface area (Å²) in [5.74, 6) is -0.701. The Morgan fingerprint density at radius 3 is 2.29 bits per heavy atom. The highest BCUT2D eigenvalue weighted by Gasteiger charge is 2.73. The van der Waals surface area contributed by atoms with E-state index in [1.165, 1.54) is 0 Å². The molecule has 5 nitrogen and oxygen atoms in total. The van der Waals surface area contributed by atoms with E-state index in [-0.39, 0.29) is 11.9 Å². The van der Waals surface area contributed by atoms with Crippen molar-refractivity contribution in [3.05, 3.63) is 10.8 Å². The second-order valence-electron chi connectivity index (χ2n) is 7.56. The first-order valence-corrected chi connectivity index (χ1v) is 10.9. The molecule has 1 unspecified atom stereocenters. The van der Waals surface area contributed by atoms with Gasteiger partial charge in [-0.2, -0.15) is 0 Å². The van der Waals surface area contributed by atoms with Crippen molar-refractivity contribution in [1.29, 1.82) is 0 Å². The molecule has 21 heavy (non-hydrogen) atoms. The first kappa shape index (κ1) is 15.4. The summed E-state index contributed by atoms with van der Waals surface area (Å²) in [4.78, 5) is 12.7. The molecular formula is C15H24O5Si. The zero-order valence-corrected chi connectivity index (χ0v) is 14.8. The standard InChI is InChI=1S/C15H24O5Si/c1-8-10(16)15(12(8)21(5,6)7)11-9(13(17-4)20-15)18-14(2,3)19-11/h9,11,13H,1-7H3/t9?,11-,13-,15-/m1/s1. The number of rotatable bonds is 2. The van der Waals surface area contributed by atoms with E-state index in [1.54, 1.807) is 7.11 Å². The lowest BCUT2D eigenvalue weighted by Crippen LogP contribution is -2.64.